The van der Waals surface area contributed by atoms with E-state index in [9.17, 15) is 13.0 Å². The third-order valence-corrected chi connectivity index (χ3v) is 3.66. The minimum atomic E-state index is -4.24. The highest BCUT2D eigenvalue weighted by Crippen LogP contribution is 2.21. The third-order valence-electron chi connectivity index (χ3n) is 2.53. The van der Waals surface area contributed by atoms with Gasteiger partial charge in [-0.15, -0.1) is 0 Å². The molecule has 16 heavy (non-hydrogen) atoms. The molecule has 0 fully saturated rings. The fourth-order valence-electron chi connectivity index (χ4n) is 1.56. The topological polar surface area (TPSA) is 57.2 Å². The summed E-state index contributed by atoms with van der Waals surface area (Å²) >= 11 is 0. The van der Waals surface area contributed by atoms with E-state index in [2.05, 4.69) is 13.8 Å². The molecule has 90 valence electrons. The maximum absolute atomic E-state index is 10.8. The van der Waals surface area contributed by atoms with Gasteiger partial charge < -0.3 is 4.55 Å². The van der Waals surface area contributed by atoms with E-state index in [4.69, 9.17) is 0 Å². The van der Waals surface area contributed by atoms with Gasteiger partial charge in [-0.25, -0.2) is 8.42 Å². The Morgan fingerprint density at radius 3 is 2.00 bits per heavy atom. The summed E-state index contributed by atoms with van der Waals surface area (Å²) in [6, 6.07) is 7.21. The van der Waals surface area contributed by atoms with Gasteiger partial charge in [-0.1, -0.05) is 38.1 Å². The minimum Gasteiger partial charge on any atom is -0.747 e. The van der Waals surface area contributed by atoms with Crippen molar-refractivity contribution in [3.05, 3.63) is 35.4 Å². The van der Waals surface area contributed by atoms with Crippen molar-refractivity contribution >= 4 is 10.1 Å². The lowest BCUT2D eigenvalue weighted by Crippen LogP contribution is -2.08. The van der Waals surface area contributed by atoms with Gasteiger partial charge in [0, 0.05) is 0 Å². The highest BCUT2D eigenvalue weighted by Gasteiger charge is 2.12. The molecule has 1 aromatic rings. The average molecular weight is 241 g/mol. The van der Waals surface area contributed by atoms with Crippen LogP contribution in [0.25, 0.3) is 0 Å². The van der Waals surface area contributed by atoms with Gasteiger partial charge in [-0.3, -0.25) is 0 Å². The molecule has 0 saturated carbocycles. The molecule has 0 amide bonds. The zero-order valence-electron chi connectivity index (χ0n) is 9.80. The van der Waals surface area contributed by atoms with Crippen molar-refractivity contribution in [3.63, 3.8) is 0 Å². The van der Waals surface area contributed by atoms with Crippen molar-refractivity contribution < 1.29 is 13.0 Å². The van der Waals surface area contributed by atoms with Crippen LogP contribution in [0.3, 0.4) is 0 Å². The highest BCUT2D eigenvalue weighted by atomic mass is 32.2. The van der Waals surface area contributed by atoms with Gasteiger partial charge in [0.2, 0.25) is 0 Å². The zero-order chi connectivity index (χ0) is 12.3. The van der Waals surface area contributed by atoms with E-state index in [1.54, 1.807) is 12.1 Å². The molecule has 0 N–H and O–H groups in total. The van der Waals surface area contributed by atoms with Gasteiger partial charge in [0.25, 0.3) is 0 Å². The monoisotopic (exact) mass is 241 g/mol. The van der Waals surface area contributed by atoms with Crippen LogP contribution in [-0.4, -0.2) is 13.0 Å². The summed E-state index contributed by atoms with van der Waals surface area (Å²) < 4.78 is 32.5. The molecule has 4 heteroatoms. The lowest BCUT2D eigenvalue weighted by molar-refractivity contribution is 0.452. The Morgan fingerprint density at radius 1 is 1.12 bits per heavy atom. The van der Waals surface area contributed by atoms with E-state index in [-0.39, 0.29) is 0 Å². The van der Waals surface area contributed by atoms with Crippen LogP contribution in [-0.2, 0) is 16.5 Å². The van der Waals surface area contributed by atoms with E-state index in [0.29, 0.717) is 11.5 Å². The molecule has 0 bridgehead atoms. The molecule has 0 radical (unpaired) electrons. The fourth-order valence-corrected chi connectivity index (χ4v) is 2.05. The first-order valence-electron chi connectivity index (χ1n) is 5.34. The number of hydrogen-bond donors (Lipinski definition) is 0. The van der Waals surface area contributed by atoms with Crippen LogP contribution in [0.1, 0.15) is 37.1 Å². The minimum absolute atomic E-state index is 0.558. The second-order valence-electron chi connectivity index (χ2n) is 4.47. The normalized spacial score (nSPS) is 14.1. The van der Waals surface area contributed by atoms with Crippen LogP contribution in [0.4, 0.5) is 0 Å². The van der Waals surface area contributed by atoms with E-state index < -0.39 is 15.4 Å². The van der Waals surface area contributed by atoms with Crippen LogP contribution in [0, 0.1) is 5.92 Å². The second-order valence-corrected chi connectivity index (χ2v) is 6.17. The van der Waals surface area contributed by atoms with Crippen molar-refractivity contribution in [1.29, 1.82) is 0 Å². The fraction of sp³-hybridized carbons (Fsp3) is 0.500. The molecule has 0 aliphatic carbocycles. The van der Waals surface area contributed by atoms with Gasteiger partial charge in [0.05, 0.1) is 5.25 Å². The van der Waals surface area contributed by atoms with E-state index in [0.717, 1.165) is 12.0 Å². The largest absolute Gasteiger partial charge is 0.747 e. The molecule has 1 rings (SSSR count). The zero-order valence-corrected chi connectivity index (χ0v) is 10.6. The molecule has 0 spiro atoms. The molecule has 3 nitrogen and oxygen atoms in total. The third kappa shape index (κ3) is 3.61. The first kappa shape index (κ1) is 13.2. The molecule has 0 aromatic heterocycles. The predicted octanol–water partition coefficient (Wildman–Crippen LogP) is 2.49. The van der Waals surface area contributed by atoms with Gasteiger partial charge in [0.1, 0.15) is 10.1 Å². The standard InChI is InChI=1S/C12H18O3S/c1-9(2)8-11-4-6-12(7-5-11)10(3)16(13,14)15/h4-7,9-10H,8H2,1-3H3,(H,13,14,15)/p-1/t10-/m1/s1. The Kier molecular flexibility index (Phi) is 4.10. The first-order chi connectivity index (χ1) is 7.30. The lowest BCUT2D eigenvalue weighted by Gasteiger charge is -2.16. The van der Waals surface area contributed by atoms with Crippen LogP contribution in [0.5, 0.6) is 0 Å². The summed E-state index contributed by atoms with van der Waals surface area (Å²) in [6.45, 7) is 5.66. The molecule has 0 aliphatic heterocycles. The van der Waals surface area contributed by atoms with Crippen LogP contribution in [0.15, 0.2) is 24.3 Å². The van der Waals surface area contributed by atoms with Crippen LogP contribution in [0.2, 0.25) is 0 Å². The molecular formula is C12H17O3S-. The summed E-state index contributed by atoms with van der Waals surface area (Å²) in [6.07, 6.45) is 0.957. The molecule has 0 heterocycles. The summed E-state index contributed by atoms with van der Waals surface area (Å²) in [4.78, 5) is 0. The van der Waals surface area contributed by atoms with E-state index in [1.807, 2.05) is 12.1 Å². The number of hydrogen-bond acceptors (Lipinski definition) is 3. The summed E-state index contributed by atoms with van der Waals surface area (Å²) in [7, 11) is -4.24. The highest BCUT2D eigenvalue weighted by molar-refractivity contribution is 7.85. The molecule has 0 unspecified atom stereocenters. The van der Waals surface area contributed by atoms with Crippen LogP contribution >= 0.6 is 0 Å². The van der Waals surface area contributed by atoms with Crippen molar-refractivity contribution in [3.8, 4) is 0 Å². The van der Waals surface area contributed by atoms with Crippen LogP contribution < -0.4 is 0 Å². The van der Waals surface area contributed by atoms with Gasteiger partial charge in [-0.05, 0) is 30.4 Å². The Hall–Kier alpha value is -0.870. The Balaban J connectivity index is 2.87. The molecule has 1 atom stereocenters. The van der Waals surface area contributed by atoms with Crippen molar-refractivity contribution in [2.75, 3.05) is 0 Å². The molecule has 0 saturated heterocycles. The molecular weight excluding hydrogens is 224 g/mol. The van der Waals surface area contributed by atoms with Gasteiger partial charge in [0.15, 0.2) is 0 Å². The quantitative estimate of drug-likeness (QED) is 0.761. The summed E-state index contributed by atoms with van der Waals surface area (Å²) in [5.74, 6) is 0.562. The first-order valence-corrected chi connectivity index (χ1v) is 6.81. The van der Waals surface area contributed by atoms with Crippen molar-refractivity contribution in [2.24, 2.45) is 5.92 Å². The smallest absolute Gasteiger partial charge is 0.101 e. The van der Waals surface area contributed by atoms with E-state index in [1.165, 1.54) is 6.92 Å². The maximum atomic E-state index is 10.8. The second kappa shape index (κ2) is 4.97. The average Bonchev–Trinajstić information content (AvgIpc) is 2.15. The SMILES string of the molecule is CC(C)Cc1ccc([C@@H](C)S(=O)(=O)[O-])cc1. The van der Waals surface area contributed by atoms with Crippen molar-refractivity contribution in [1.82, 2.24) is 0 Å². The number of rotatable bonds is 4. The Morgan fingerprint density at radius 2 is 1.62 bits per heavy atom. The molecule has 1 aromatic carbocycles. The van der Waals surface area contributed by atoms with E-state index >= 15 is 0 Å². The number of benzene rings is 1. The Labute approximate surface area is 97.2 Å². The predicted molar refractivity (Wildman–Crippen MR) is 63.1 cm³/mol. The Bertz CT molecular complexity index is 432. The van der Waals surface area contributed by atoms with Gasteiger partial charge >= 0.3 is 0 Å². The maximum Gasteiger partial charge on any atom is 0.101 e. The summed E-state index contributed by atoms with van der Waals surface area (Å²) in [5.41, 5.74) is 1.72. The summed E-state index contributed by atoms with van der Waals surface area (Å²) in [5, 5.41) is -0.972. The van der Waals surface area contributed by atoms with Gasteiger partial charge in [-0.2, -0.15) is 0 Å². The van der Waals surface area contributed by atoms with Crippen molar-refractivity contribution in [2.45, 2.75) is 32.4 Å². The lowest BCUT2D eigenvalue weighted by atomic mass is 10.0. The molecule has 0 aliphatic rings.